The van der Waals surface area contributed by atoms with Gasteiger partial charge in [-0.2, -0.15) is 5.10 Å². The molecular weight excluding hydrogens is 282 g/mol. The Morgan fingerprint density at radius 1 is 1.27 bits per heavy atom. The van der Waals surface area contributed by atoms with Gasteiger partial charge >= 0.3 is 0 Å². The Labute approximate surface area is 129 Å². The molecule has 1 atom stereocenters. The van der Waals surface area contributed by atoms with E-state index in [0.29, 0.717) is 19.8 Å². The number of nitrogens with zero attached hydrogens (tertiary/aromatic N) is 2. The van der Waals surface area contributed by atoms with Crippen molar-refractivity contribution in [2.75, 3.05) is 25.1 Å². The largest absolute Gasteiger partial charge is 0.376 e. The molecule has 0 aliphatic carbocycles. The van der Waals surface area contributed by atoms with Crippen molar-refractivity contribution in [3.05, 3.63) is 41.7 Å². The van der Waals surface area contributed by atoms with E-state index < -0.39 is 6.10 Å². The van der Waals surface area contributed by atoms with E-state index in [1.165, 1.54) is 0 Å². The second-order valence-electron chi connectivity index (χ2n) is 5.31. The molecule has 1 fully saturated rings. The van der Waals surface area contributed by atoms with Crippen LogP contribution in [0.5, 0.6) is 0 Å². The molecule has 6 heteroatoms. The van der Waals surface area contributed by atoms with Crippen molar-refractivity contribution < 1.29 is 14.3 Å². The number of aryl methyl sites for hydroxylation is 2. The molecule has 1 aliphatic rings. The molecule has 1 N–H and O–H groups in total. The number of amides is 1. The zero-order chi connectivity index (χ0) is 15.5. The molecule has 1 saturated heterocycles. The molecule has 22 heavy (non-hydrogen) atoms. The Morgan fingerprint density at radius 3 is 2.64 bits per heavy atom. The van der Waals surface area contributed by atoms with Crippen LogP contribution in [0.4, 0.5) is 5.69 Å². The topological polar surface area (TPSA) is 65.4 Å². The van der Waals surface area contributed by atoms with Gasteiger partial charge in [0.1, 0.15) is 0 Å². The molecule has 1 aliphatic heterocycles. The van der Waals surface area contributed by atoms with Crippen LogP contribution in [0, 0.1) is 13.8 Å². The van der Waals surface area contributed by atoms with E-state index in [0.717, 1.165) is 22.8 Å². The maximum absolute atomic E-state index is 12.0. The smallest absolute Gasteiger partial charge is 0.255 e. The van der Waals surface area contributed by atoms with Crippen molar-refractivity contribution in [1.29, 1.82) is 0 Å². The van der Waals surface area contributed by atoms with Gasteiger partial charge in [0.05, 0.1) is 31.2 Å². The summed E-state index contributed by atoms with van der Waals surface area (Å²) in [5.74, 6) is -0.182. The number of aromatic nitrogens is 2. The van der Waals surface area contributed by atoms with Crippen molar-refractivity contribution in [2.24, 2.45) is 0 Å². The third kappa shape index (κ3) is 3.18. The monoisotopic (exact) mass is 301 g/mol. The highest BCUT2D eigenvalue weighted by Gasteiger charge is 2.22. The zero-order valence-corrected chi connectivity index (χ0v) is 12.7. The lowest BCUT2D eigenvalue weighted by atomic mass is 10.2. The Hall–Kier alpha value is -2.18. The number of anilines is 1. The number of hydrogen-bond acceptors (Lipinski definition) is 4. The maximum atomic E-state index is 12.0. The van der Waals surface area contributed by atoms with E-state index in [2.05, 4.69) is 10.4 Å². The fraction of sp³-hybridized carbons (Fsp3) is 0.375. The SMILES string of the molecule is Cc1cc(C)n(-c2ccc(NC(=O)C3COCCO3)cc2)n1. The van der Waals surface area contributed by atoms with Gasteiger partial charge in [-0.05, 0) is 44.2 Å². The fourth-order valence-corrected chi connectivity index (χ4v) is 2.44. The maximum Gasteiger partial charge on any atom is 0.255 e. The number of carbonyl (C=O) groups is 1. The molecule has 0 spiro atoms. The van der Waals surface area contributed by atoms with Crippen LogP contribution < -0.4 is 5.32 Å². The van der Waals surface area contributed by atoms with Crippen molar-refractivity contribution >= 4 is 11.6 Å². The quantitative estimate of drug-likeness (QED) is 0.939. The Morgan fingerprint density at radius 2 is 2.05 bits per heavy atom. The molecule has 0 bridgehead atoms. The van der Waals surface area contributed by atoms with Crippen molar-refractivity contribution in [3.63, 3.8) is 0 Å². The Kier molecular flexibility index (Phi) is 4.22. The summed E-state index contributed by atoms with van der Waals surface area (Å²) in [6.07, 6.45) is -0.538. The summed E-state index contributed by atoms with van der Waals surface area (Å²) in [4.78, 5) is 12.0. The minimum absolute atomic E-state index is 0.182. The molecule has 0 radical (unpaired) electrons. The number of rotatable bonds is 3. The predicted octanol–water partition coefficient (Wildman–Crippen LogP) is 1.84. The van der Waals surface area contributed by atoms with Gasteiger partial charge in [-0.1, -0.05) is 0 Å². The number of hydrogen-bond donors (Lipinski definition) is 1. The van der Waals surface area contributed by atoms with E-state index in [-0.39, 0.29) is 5.91 Å². The van der Waals surface area contributed by atoms with Crippen LogP contribution in [0.25, 0.3) is 5.69 Å². The molecule has 1 amide bonds. The van der Waals surface area contributed by atoms with E-state index in [1.807, 2.05) is 48.9 Å². The van der Waals surface area contributed by atoms with Gasteiger partial charge in [-0.25, -0.2) is 4.68 Å². The van der Waals surface area contributed by atoms with Gasteiger partial charge in [0.15, 0.2) is 6.10 Å². The van der Waals surface area contributed by atoms with Crippen molar-refractivity contribution in [1.82, 2.24) is 9.78 Å². The number of carbonyl (C=O) groups excluding carboxylic acids is 1. The molecule has 1 aromatic heterocycles. The summed E-state index contributed by atoms with van der Waals surface area (Å²) >= 11 is 0. The van der Waals surface area contributed by atoms with Crippen LogP contribution in [-0.4, -0.2) is 41.6 Å². The highest BCUT2D eigenvalue weighted by molar-refractivity contribution is 5.94. The van der Waals surface area contributed by atoms with Crippen LogP contribution in [0.2, 0.25) is 0 Å². The van der Waals surface area contributed by atoms with Crippen LogP contribution >= 0.6 is 0 Å². The average Bonchev–Trinajstić information content (AvgIpc) is 2.87. The lowest BCUT2D eigenvalue weighted by Gasteiger charge is -2.22. The summed E-state index contributed by atoms with van der Waals surface area (Å²) in [5, 5.41) is 7.27. The van der Waals surface area contributed by atoms with Gasteiger partial charge in [0.25, 0.3) is 5.91 Å². The summed E-state index contributed by atoms with van der Waals surface area (Å²) in [6, 6.07) is 9.58. The molecule has 0 saturated carbocycles. The molecule has 1 aromatic carbocycles. The number of benzene rings is 1. The number of nitrogens with one attached hydrogen (secondary N) is 1. The minimum atomic E-state index is -0.538. The summed E-state index contributed by atoms with van der Waals surface area (Å²) in [6.45, 7) is 5.27. The van der Waals surface area contributed by atoms with Crippen molar-refractivity contribution in [2.45, 2.75) is 20.0 Å². The minimum Gasteiger partial charge on any atom is -0.376 e. The standard InChI is InChI=1S/C16H19N3O3/c1-11-9-12(2)19(18-11)14-5-3-13(4-6-14)17-16(20)15-10-21-7-8-22-15/h3-6,9,15H,7-8,10H2,1-2H3,(H,17,20). The first kappa shape index (κ1) is 14.7. The first-order valence-corrected chi connectivity index (χ1v) is 7.27. The Bertz CT molecular complexity index is 658. The van der Waals surface area contributed by atoms with Crippen molar-refractivity contribution in [3.8, 4) is 5.69 Å². The highest BCUT2D eigenvalue weighted by atomic mass is 16.6. The van der Waals surface area contributed by atoms with Gasteiger partial charge in [-0.15, -0.1) is 0 Å². The molecule has 2 heterocycles. The van der Waals surface area contributed by atoms with E-state index in [4.69, 9.17) is 9.47 Å². The molecule has 2 aromatic rings. The lowest BCUT2D eigenvalue weighted by molar-refractivity contribution is -0.142. The predicted molar refractivity (Wildman–Crippen MR) is 82.2 cm³/mol. The summed E-state index contributed by atoms with van der Waals surface area (Å²) in [5.41, 5.74) is 3.73. The molecule has 6 nitrogen and oxygen atoms in total. The van der Waals surface area contributed by atoms with E-state index in [1.54, 1.807) is 0 Å². The molecular formula is C16H19N3O3. The third-order valence-corrected chi connectivity index (χ3v) is 3.50. The zero-order valence-electron chi connectivity index (χ0n) is 12.7. The first-order chi connectivity index (χ1) is 10.6. The van der Waals surface area contributed by atoms with Gasteiger partial charge in [-0.3, -0.25) is 4.79 Å². The lowest BCUT2D eigenvalue weighted by Crippen LogP contribution is -2.39. The normalized spacial score (nSPS) is 18.2. The molecule has 3 rings (SSSR count). The van der Waals surface area contributed by atoms with Crippen LogP contribution in [0.3, 0.4) is 0 Å². The highest BCUT2D eigenvalue weighted by Crippen LogP contribution is 2.16. The van der Waals surface area contributed by atoms with E-state index in [9.17, 15) is 4.79 Å². The third-order valence-electron chi connectivity index (χ3n) is 3.50. The van der Waals surface area contributed by atoms with Gasteiger partial charge < -0.3 is 14.8 Å². The van der Waals surface area contributed by atoms with Gasteiger partial charge in [0, 0.05) is 11.4 Å². The molecule has 116 valence electrons. The molecule has 1 unspecified atom stereocenters. The van der Waals surface area contributed by atoms with Gasteiger partial charge in [0.2, 0.25) is 0 Å². The second-order valence-corrected chi connectivity index (χ2v) is 5.31. The van der Waals surface area contributed by atoms with Crippen LogP contribution in [-0.2, 0) is 14.3 Å². The van der Waals surface area contributed by atoms with Crippen LogP contribution in [0.1, 0.15) is 11.4 Å². The number of ether oxygens (including phenoxy) is 2. The summed E-state index contributed by atoms with van der Waals surface area (Å²) < 4.78 is 12.5. The van der Waals surface area contributed by atoms with Crippen LogP contribution in [0.15, 0.2) is 30.3 Å². The first-order valence-electron chi connectivity index (χ1n) is 7.27. The fourth-order valence-electron chi connectivity index (χ4n) is 2.44. The average molecular weight is 301 g/mol. The second kappa shape index (κ2) is 6.29. The summed E-state index contributed by atoms with van der Waals surface area (Å²) in [7, 11) is 0. The van der Waals surface area contributed by atoms with E-state index >= 15 is 0 Å². The Balaban J connectivity index is 1.69.